The summed E-state index contributed by atoms with van der Waals surface area (Å²) in [6, 6.07) is 0.154. The number of hydrogen-bond acceptors (Lipinski definition) is 2. The third kappa shape index (κ3) is 6.35. The van der Waals surface area contributed by atoms with E-state index in [1.165, 1.54) is 0 Å². The summed E-state index contributed by atoms with van der Waals surface area (Å²) in [6.45, 7) is 18.1. The molecular formula is C15H31B2O2. The molecule has 0 N–H and O–H groups in total. The third-order valence-electron chi connectivity index (χ3n) is 3.99. The van der Waals surface area contributed by atoms with Gasteiger partial charge in [-0.25, -0.2) is 0 Å². The molecule has 2 nitrogen and oxygen atoms in total. The van der Waals surface area contributed by atoms with E-state index in [0.717, 1.165) is 6.42 Å². The number of ether oxygens (including phenoxy) is 2. The van der Waals surface area contributed by atoms with Gasteiger partial charge in [-0.1, -0.05) is 27.6 Å². The zero-order valence-electron chi connectivity index (χ0n) is 14.2. The van der Waals surface area contributed by atoms with Crippen molar-refractivity contribution >= 4 is 15.1 Å². The quantitative estimate of drug-likeness (QED) is 0.592. The van der Waals surface area contributed by atoms with Gasteiger partial charge in [-0.3, -0.25) is 0 Å². The molecule has 0 rings (SSSR count). The molecule has 0 aromatic carbocycles. The molecule has 0 saturated heterocycles. The van der Waals surface area contributed by atoms with Crippen LogP contribution in [-0.2, 0) is 9.47 Å². The summed E-state index contributed by atoms with van der Waals surface area (Å²) in [5.74, 6) is 0. The minimum atomic E-state index is -0.372. The summed E-state index contributed by atoms with van der Waals surface area (Å²) in [4.78, 5) is 0. The highest BCUT2D eigenvalue weighted by molar-refractivity contribution is 6.35. The molecule has 2 atom stereocenters. The molecule has 0 heterocycles. The summed E-state index contributed by atoms with van der Waals surface area (Å²) >= 11 is 0. The van der Waals surface area contributed by atoms with Crippen molar-refractivity contribution in [3.8, 4) is 0 Å². The van der Waals surface area contributed by atoms with Crippen LogP contribution in [0, 0.1) is 5.41 Å². The predicted octanol–water partition coefficient (Wildman–Crippen LogP) is 3.68. The Morgan fingerprint density at radius 3 is 2.11 bits per heavy atom. The van der Waals surface area contributed by atoms with E-state index >= 15 is 0 Å². The Labute approximate surface area is 122 Å². The van der Waals surface area contributed by atoms with Crippen LogP contribution in [0.1, 0.15) is 54.9 Å². The van der Waals surface area contributed by atoms with E-state index in [1.54, 1.807) is 0 Å². The molecule has 2 unspecified atom stereocenters. The zero-order valence-corrected chi connectivity index (χ0v) is 14.2. The fourth-order valence-corrected chi connectivity index (χ4v) is 2.39. The molecule has 109 valence electrons. The summed E-state index contributed by atoms with van der Waals surface area (Å²) in [5.41, 5.74) is -0.276. The predicted molar refractivity (Wildman–Crippen MR) is 85.3 cm³/mol. The van der Waals surface area contributed by atoms with E-state index in [4.69, 9.17) is 17.3 Å². The maximum absolute atomic E-state index is 6.46. The van der Waals surface area contributed by atoms with Crippen LogP contribution < -0.4 is 0 Å². The van der Waals surface area contributed by atoms with Crippen LogP contribution in [0.15, 0.2) is 0 Å². The van der Waals surface area contributed by atoms with Crippen molar-refractivity contribution in [1.82, 2.24) is 0 Å². The molecule has 0 saturated carbocycles. The molecule has 0 aliphatic heterocycles. The van der Waals surface area contributed by atoms with Crippen LogP contribution in [-0.4, -0.2) is 39.9 Å². The summed E-state index contributed by atoms with van der Waals surface area (Å²) in [5, 5.41) is -0.372. The topological polar surface area (TPSA) is 18.5 Å². The van der Waals surface area contributed by atoms with E-state index in [1.807, 2.05) is 13.7 Å². The molecule has 0 bridgehead atoms. The van der Waals surface area contributed by atoms with Gasteiger partial charge in [0, 0.05) is 19.2 Å². The van der Waals surface area contributed by atoms with E-state index in [0.29, 0.717) is 13.2 Å². The average Bonchev–Trinajstić information content (AvgIpc) is 2.23. The molecule has 4 heteroatoms. The van der Waals surface area contributed by atoms with E-state index < -0.39 is 0 Å². The van der Waals surface area contributed by atoms with Gasteiger partial charge in [0.25, 0.3) is 0 Å². The Morgan fingerprint density at radius 1 is 1.16 bits per heavy atom. The van der Waals surface area contributed by atoms with Crippen molar-refractivity contribution in [3.05, 3.63) is 0 Å². The maximum Gasteiger partial charge on any atom is 0.145 e. The van der Waals surface area contributed by atoms with E-state index in [-0.39, 0.29) is 22.3 Å². The first kappa shape index (κ1) is 19.0. The number of rotatable bonds is 9. The highest BCUT2D eigenvalue weighted by Crippen LogP contribution is 2.48. The first-order valence-electron chi connectivity index (χ1n) is 7.31. The first-order chi connectivity index (χ1) is 8.47. The smallest absolute Gasteiger partial charge is 0.145 e. The lowest BCUT2D eigenvalue weighted by Gasteiger charge is -2.46. The molecule has 3 radical (unpaired) electrons. The van der Waals surface area contributed by atoms with E-state index in [2.05, 4.69) is 48.8 Å². The van der Waals surface area contributed by atoms with Gasteiger partial charge in [-0.15, -0.1) is 0 Å². The van der Waals surface area contributed by atoms with Crippen molar-refractivity contribution in [2.45, 2.75) is 78.6 Å². The first-order valence-corrected chi connectivity index (χ1v) is 7.31. The third-order valence-corrected chi connectivity index (χ3v) is 3.99. The van der Waals surface area contributed by atoms with Crippen molar-refractivity contribution in [2.24, 2.45) is 5.41 Å². The van der Waals surface area contributed by atoms with Crippen LogP contribution in [0.25, 0.3) is 0 Å². The average molecular weight is 265 g/mol. The second-order valence-corrected chi connectivity index (χ2v) is 7.03. The number of hydrogen-bond donors (Lipinski definition) is 0. The van der Waals surface area contributed by atoms with Gasteiger partial charge in [-0.2, -0.15) is 0 Å². The van der Waals surface area contributed by atoms with Crippen molar-refractivity contribution < 1.29 is 9.47 Å². The monoisotopic (exact) mass is 265 g/mol. The SMILES string of the molecule is [B]C(C)(COCC)C(C)(C)CC(C)(C)OC(C)[B]C. The fraction of sp³-hybridized carbons (Fsp3) is 1.00. The minimum Gasteiger partial charge on any atom is -0.382 e. The Bertz CT molecular complexity index is 263. The van der Waals surface area contributed by atoms with Crippen LogP contribution in [0.4, 0.5) is 0 Å². The Kier molecular flexibility index (Phi) is 7.19. The van der Waals surface area contributed by atoms with Crippen molar-refractivity contribution in [3.63, 3.8) is 0 Å². The van der Waals surface area contributed by atoms with Gasteiger partial charge < -0.3 is 9.47 Å². The van der Waals surface area contributed by atoms with Gasteiger partial charge in [0.15, 0.2) is 0 Å². The Morgan fingerprint density at radius 2 is 1.68 bits per heavy atom. The van der Waals surface area contributed by atoms with Gasteiger partial charge in [0.1, 0.15) is 7.28 Å². The van der Waals surface area contributed by atoms with E-state index in [9.17, 15) is 0 Å². The summed E-state index contributed by atoms with van der Waals surface area (Å²) in [7, 11) is 8.53. The van der Waals surface area contributed by atoms with Gasteiger partial charge in [-0.05, 0) is 44.8 Å². The van der Waals surface area contributed by atoms with Crippen LogP contribution in [0.5, 0.6) is 0 Å². The Balaban J connectivity index is 4.72. The maximum atomic E-state index is 6.46. The van der Waals surface area contributed by atoms with Gasteiger partial charge in [0.2, 0.25) is 0 Å². The molecule has 0 aromatic rings. The molecule has 0 aliphatic rings. The van der Waals surface area contributed by atoms with Gasteiger partial charge >= 0.3 is 0 Å². The molecule has 0 spiro atoms. The zero-order chi connectivity index (χ0) is 15.3. The fourth-order valence-electron chi connectivity index (χ4n) is 2.39. The van der Waals surface area contributed by atoms with Gasteiger partial charge in [0.05, 0.1) is 13.4 Å². The Hall–Kier alpha value is 0.0499. The second kappa shape index (κ2) is 7.17. The van der Waals surface area contributed by atoms with Crippen LogP contribution in [0.2, 0.25) is 12.1 Å². The van der Waals surface area contributed by atoms with Crippen LogP contribution >= 0.6 is 0 Å². The molecule has 0 fully saturated rings. The highest BCUT2D eigenvalue weighted by atomic mass is 16.5. The summed E-state index contributed by atoms with van der Waals surface area (Å²) < 4.78 is 11.6. The molecule has 0 amide bonds. The lowest BCUT2D eigenvalue weighted by molar-refractivity contribution is -0.0689. The molecular weight excluding hydrogens is 234 g/mol. The van der Waals surface area contributed by atoms with Crippen molar-refractivity contribution in [1.29, 1.82) is 0 Å². The molecule has 19 heavy (non-hydrogen) atoms. The second-order valence-electron chi connectivity index (χ2n) is 7.03. The molecule has 0 aromatic heterocycles. The lowest BCUT2D eigenvalue weighted by Crippen LogP contribution is -2.42. The minimum absolute atomic E-state index is 0.0703. The van der Waals surface area contributed by atoms with Crippen molar-refractivity contribution in [2.75, 3.05) is 13.2 Å². The largest absolute Gasteiger partial charge is 0.382 e. The summed E-state index contributed by atoms with van der Waals surface area (Å²) in [6.07, 6.45) is 0.887. The normalized spacial score (nSPS) is 17.9. The van der Waals surface area contributed by atoms with Crippen LogP contribution in [0.3, 0.4) is 0 Å². The standard InChI is InChI=1S/C15H31B2O2/c1-9-18-11-15(7,16)13(3,4)10-14(5,6)19-12(2)17-8/h12H,9-11H2,1-8H3. The lowest BCUT2D eigenvalue weighted by atomic mass is 9.52. The molecule has 0 aliphatic carbocycles. The highest BCUT2D eigenvalue weighted by Gasteiger charge is 2.41.